The van der Waals surface area contributed by atoms with Gasteiger partial charge in [0.2, 0.25) is 11.7 Å². The molecular weight excluding hydrogens is 404 g/mol. The standard InChI is InChI=1S/C22H31ClN4O3/c1-22(2,3)29-21(28)26(4)14-16-7-6-11-27(15-16)12-10-19-24-20(25-30-19)17-8-5-9-18(23)13-17/h5,8-9,13,16H,6-7,10-12,14-15H2,1-4H3. The Morgan fingerprint density at radius 3 is 2.93 bits per heavy atom. The number of hydrogen-bond donors (Lipinski definition) is 0. The largest absolute Gasteiger partial charge is 0.444 e. The fraction of sp³-hybridized carbons (Fsp3) is 0.591. The fourth-order valence-electron chi connectivity index (χ4n) is 3.66. The zero-order valence-corrected chi connectivity index (χ0v) is 19.0. The lowest BCUT2D eigenvalue weighted by Gasteiger charge is -2.34. The van der Waals surface area contributed by atoms with Crippen LogP contribution in [-0.4, -0.2) is 64.9 Å². The zero-order valence-electron chi connectivity index (χ0n) is 18.2. The highest BCUT2D eigenvalue weighted by molar-refractivity contribution is 6.30. The molecule has 1 aliphatic rings. The molecule has 1 saturated heterocycles. The Labute approximate surface area is 183 Å². The van der Waals surface area contributed by atoms with Crippen molar-refractivity contribution in [3.05, 3.63) is 35.2 Å². The van der Waals surface area contributed by atoms with Gasteiger partial charge in [-0.15, -0.1) is 0 Å². The van der Waals surface area contributed by atoms with Crippen molar-refractivity contribution in [3.8, 4) is 11.4 Å². The number of piperidine rings is 1. The molecule has 1 aromatic carbocycles. The maximum Gasteiger partial charge on any atom is 0.410 e. The predicted octanol–water partition coefficient (Wildman–Crippen LogP) is 4.51. The van der Waals surface area contributed by atoms with Gasteiger partial charge in [-0.1, -0.05) is 28.9 Å². The molecule has 164 valence electrons. The average Bonchev–Trinajstić information content (AvgIpc) is 3.14. The molecule has 1 fully saturated rings. The van der Waals surface area contributed by atoms with E-state index in [1.54, 1.807) is 4.90 Å². The second kappa shape index (κ2) is 9.79. The smallest absolute Gasteiger partial charge is 0.410 e. The second-order valence-electron chi connectivity index (χ2n) is 8.94. The number of nitrogens with zero attached hydrogens (tertiary/aromatic N) is 4. The van der Waals surface area contributed by atoms with E-state index in [1.165, 1.54) is 0 Å². The molecule has 7 nitrogen and oxygen atoms in total. The maximum absolute atomic E-state index is 12.2. The molecule has 1 atom stereocenters. The minimum atomic E-state index is -0.474. The van der Waals surface area contributed by atoms with Gasteiger partial charge < -0.3 is 19.1 Å². The van der Waals surface area contributed by atoms with Crippen molar-refractivity contribution in [3.63, 3.8) is 0 Å². The van der Waals surface area contributed by atoms with Crippen molar-refractivity contribution in [1.82, 2.24) is 19.9 Å². The summed E-state index contributed by atoms with van der Waals surface area (Å²) in [6.45, 7) is 9.20. The Balaban J connectivity index is 1.48. The second-order valence-corrected chi connectivity index (χ2v) is 9.38. The van der Waals surface area contributed by atoms with Gasteiger partial charge in [0.1, 0.15) is 5.60 Å². The van der Waals surface area contributed by atoms with Gasteiger partial charge in [-0.05, 0) is 58.2 Å². The maximum atomic E-state index is 12.2. The lowest BCUT2D eigenvalue weighted by atomic mass is 9.97. The molecule has 0 radical (unpaired) electrons. The van der Waals surface area contributed by atoms with Crippen LogP contribution >= 0.6 is 11.6 Å². The first-order valence-corrected chi connectivity index (χ1v) is 10.8. The fourth-order valence-corrected chi connectivity index (χ4v) is 3.85. The molecule has 0 N–H and O–H groups in total. The number of ether oxygens (including phenoxy) is 1. The van der Waals surface area contributed by atoms with Gasteiger partial charge in [0, 0.05) is 43.7 Å². The summed E-state index contributed by atoms with van der Waals surface area (Å²) in [5.41, 5.74) is 0.374. The highest BCUT2D eigenvalue weighted by atomic mass is 35.5. The van der Waals surface area contributed by atoms with E-state index in [9.17, 15) is 4.79 Å². The molecule has 0 bridgehead atoms. The lowest BCUT2D eigenvalue weighted by Crippen LogP contribution is -2.43. The molecule has 0 aliphatic carbocycles. The van der Waals surface area contributed by atoms with Crippen molar-refractivity contribution in [2.24, 2.45) is 5.92 Å². The van der Waals surface area contributed by atoms with E-state index >= 15 is 0 Å². The summed E-state index contributed by atoms with van der Waals surface area (Å²) in [5, 5.41) is 4.72. The van der Waals surface area contributed by atoms with Crippen molar-refractivity contribution >= 4 is 17.7 Å². The number of rotatable bonds is 6. The van der Waals surface area contributed by atoms with Crippen LogP contribution in [0.1, 0.15) is 39.5 Å². The topological polar surface area (TPSA) is 71.7 Å². The molecule has 0 saturated carbocycles. The number of amides is 1. The number of halogens is 1. The highest BCUT2D eigenvalue weighted by Crippen LogP contribution is 2.21. The highest BCUT2D eigenvalue weighted by Gasteiger charge is 2.25. The number of carbonyl (C=O) groups is 1. The Kier molecular flexibility index (Phi) is 7.36. The molecule has 1 aromatic heterocycles. The third-order valence-corrected chi connectivity index (χ3v) is 5.27. The Bertz CT molecular complexity index is 849. The normalized spacial score (nSPS) is 17.7. The van der Waals surface area contributed by atoms with E-state index in [2.05, 4.69) is 15.0 Å². The Morgan fingerprint density at radius 1 is 1.40 bits per heavy atom. The average molecular weight is 435 g/mol. The van der Waals surface area contributed by atoms with E-state index in [0.29, 0.717) is 35.6 Å². The molecule has 8 heteroatoms. The van der Waals surface area contributed by atoms with Crippen LogP contribution < -0.4 is 0 Å². The number of benzene rings is 1. The van der Waals surface area contributed by atoms with Gasteiger partial charge in [0.05, 0.1) is 0 Å². The van der Waals surface area contributed by atoms with Crippen LogP contribution in [0, 0.1) is 5.92 Å². The molecular formula is C22H31ClN4O3. The van der Waals surface area contributed by atoms with Crippen LogP contribution in [0.3, 0.4) is 0 Å². The summed E-state index contributed by atoms with van der Waals surface area (Å²) >= 11 is 6.04. The molecule has 30 heavy (non-hydrogen) atoms. The van der Waals surface area contributed by atoms with Crippen LogP contribution in [0.4, 0.5) is 4.79 Å². The van der Waals surface area contributed by atoms with Gasteiger partial charge in [0.15, 0.2) is 0 Å². The first kappa shape index (κ1) is 22.6. The first-order chi connectivity index (χ1) is 14.2. The molecule has 2 aromatic rings. The van der Waals surface area contributed by atoms with E-state index < -0.39 is 5.60 Å². The zero-order chi connectivity index (χ0) is 21.7. The Hall–Kier alpha value is -2.12. The summed E-state index contributed by atoms with van der Waals surface area (Å²) in [7, 11) is 1.81. The minimum absolute atomic E-state index is 0.265. The van der Waals surface area contributed by atoms with Crippen LogP contribution in [0.25, 0.3) is 11.4 Å². The van der Waals surface area contributed by atoms with Crippen molar-refractivity contribution in [2.45, 2.75) is 45.6 Å². The first-order valence-electron chi connectivity index (χ1n) is 10.4. The summed E-state index contributed by atoms with van der Waals surface area (Å²) in [6, 6.07) is 7.43. The summed E-state index contributed by atoms with van der Waals surface area (Å²) < 4.78 is 10.9. The van der Waals surface area contributed by atoms with Crippen LogP contribution in [0.5, 0.6) is 0 Å². The predicted molar refractivity (Wildman–Crippen MR) is 116 cm³/mol. The van der Waals surface area contributed by atoms with Crippen LogP contribution in [0.15, 0.2) is 28.8 Å². The van der Waals surface area contributed by atoms with Crippen LogP contribution in [0.2, 0.25) is 5.02 Å². The molecule has 1 unspecified atom stereocenters. The van der Waals surface area contributed by atoms with E-state index in [4.69, 9.17) is 20.9 Å². The van der Waals surface area contributed by atoms with E-state index in [-0.39, 0.29) is 6.09 Å². The summed E-state index contributed by atoms with van der Waals surface area (Å²) in [4.78, 5) is 20.8. The quantitative estimate of drug-likeness (QED) is 0.666. The van der Waals surface area contributed by atoms with Crippen molar-refractivity contribution < 1.29 is 14.1 Å². The summed E-state index contributed by atoms with van der Waals surface area (Å²) in [5.74, 6) is 1.61. The van der Waals surface area contributed by atoms with E-state index in [1.807, 2.05) is 52.1 Å². The number of likely N-dealkylation sites (tertiary alicyclic amines) is 1. The van der Waals surface area contributed by atoms with Gasteiger partial charge in [0.25, 0.3) is 0 Å². The molecule has 1 aliphatic heterocycles. The summed E-state index contributed by atoms with van der Waals surface area (Å²) in [6.07, 6.45) is 2.66. The lowest BCUT2D eigenvalue weighted by molar-refractivity contribution is 0.0244. The number of carbonyl (C=O) groups excluding carboxylic acids is 1. The van der Waals surface area contributed by atoms with E-state index in [0.717, 1.165) is 38.0 Å². The van der Waals surface area contributed by atoms with Crippen molar-refractivity contribution in [2.75, 3.05) is 33.2 Å². The van der Waals surface area contributed by atoms with Gasteiger partial charge in [-0.25, -0.2) is 4.79 Å². The SMILES string of the molecule is CN(CC1CCCN(CCc2nc(-c3cccc(Cl)c3)no2)C1)C(=O)OC(C)(C)C. The van der Waals surface area contributed by atoms with Crippen LogP contribution in [-0.2, 0) is 11.2 Å². The van der Waals surface area contributed by atoms with Crippen molar-refractivity contribution in [1.29, 1.82) is 0 Å². The monoisotopic (exact) mass is 434 g/mol. The number of aromatic nitrogens is 2. The van der Waals surface area contributed by atoms with Gasteiger partial charge >= 0.3 is 6.09 Å². The third-order valence-electron chi connectivity index (χ3n) is 5.03. The minimum Gasteiger partial charge on any atom is -0.444 e. The van der Waals surface area contributed by atoms with Gasteiger partial charge in [-0.3, -0.25) is 0 Å². The van der Waals surface area contributed by atoms with Gasteiger partial charge in [-0.2, -0.15) is 4.98 Å². The molecule has 0 spiro atoms. The third kappa shape index (κ3) is 6.71. The molecule has 2 heterocycles. The number of hydrogen-bond acceptors (Lipinski definition) is 6. The molecule has 3 rings (SSSR count). The molecule has 1 amide bonds. The Morgan fingerprint density at radius 2 is 2.20 bits per heavy atom.